The first-order valence-electron chi connectivity index (χ1n) is 3.91. The van der Waals surface area contributed by atoms with Crippen LogP contribution in [-0.2, 0) is 4.79 Å². The lowest BCUT2D eigenvalue weighted by molar-refractivity contribution is -0.123. The molecule has 0 aliphatic heterocycles. The third kappa shape index (κ3) is 6.34. The Morgan fingerprint density at radius 1 is 1.57 bits per heavy atom. The molecule has 0 aromatic heterocycles. The smallest absolute Gasteiger partial charge is 0.287 e. The lowest BCUT2D eigenvalue weighted by Gasteiger charge is -2.13. The topological polar surface area (TPSA) is 61.4 Å². The van der Waals surface area contributed by atoms with E-state index < -0.39 is 25.0 Å². The van der Waals surface area contributed by atoms with Gasteiger partial charge in [0.25, 0.3) is 5.92 Å². The van der Waals surface area contributed by atoms with E-state index in [-0.39, 0.29) is 13.1 Å². The Kier molecular flexibility index (Phi) is 5.76. The summed E-state index contributed by atoms with van der Waals surface area (Å²) in [7, 11) is 0. The molecule has 0 aliphatic carbocycles. The largest absolute Gasteiger partial charge is 0.390 e. The molecule has 1 amide bonds. The number of hydrogen-bond donors (Lipinski definition) is 3. The molecule has 0 fully saturated rings. The quantitative estimate of drug-likeness (QED) is 0.384. The molecule has 4 nitrogen and oxygen atoms in total. The van der Waals surface area contributed by atoms with Crippen molar-refractivity contribution in [2.75, 3.05) is 26.2 Å². The van der Waals surface area contributed by atoms with Gasteiger partial charge in [0.15, 0.2) is 0 Å². The molecule has 0 radical (unpaired) electrons. The number of carbonyl (C=O) groups excluding carboxylic acids is 1. The molecule has 0 aliphatic rings. The summed E-state index contributed by atoms with van der Waals surface area (Å²) in [5, 5.41) is 12.7. The first kappa shape index (κ1) is 12.8. The second-order valence-electron chi connectivity index (χ2n) is 2.60. The average molecular weight is 206 g/mol. The maximum atomic E-state index is 12.4. The molecule has 0 unspecified atom stereocenters. The van der Waals surface area contributed by atoms with Crippen molar-refractivity contribution in [3.63, 3.8) is 0 Å². The summed E-state index contributed by atoms with van der Waals surface area (Å²) in [6.07, 6.45) is 4.88. The van der Waals surface area contributed by atoms with E-state index in [9.17, 15) is 13.6 Å². The fourth-order valence-electron chi connectivity index (χ4n) is 0.595. The minimum Gasteiger partial charge on any atom is -0.390 e. The fourth-order valence-corrected chi connectivity index (χ4v) is 0.595. The van der Waals surface area contributed by atoms with Crippen LogP contribution in [0, 0.1) is 12.3 Å². The van der Waals surface area contributed by atoms with Crippen LogP contribution in [-0.4, -0.2) is 43.2 Å². The van der Waals surface area contributed by atoms with Crippen molar-refractivity contribution >= 4 is 5.91 Å². The van der Waals surface area contributed by atoms with E-state index in [0.29, 0.717) is 0 Å². The van der Waals surface area contributed by atoms with Crippen molar-refractivity contribution in [1.82, 2.24) is 10.6 Å². The Bertz CT molecular complexity index is 226. The maximum absolute atomic E-state index is 12.4. The van der Waals surface area contributed by atoms with Crippen molar-refractivity contribution in [3.8, 4) is 12.3 Å². The van der Waals surface area contributed by atoms with E-state index in [1.54, 1.807) is 0 Å². The van der Waals surface area contributed by atoms with Crippen LogP contribution in [0.25, 0.3) is 0 Å². The number of aliphatic hydroxyl groups is 1. The van der Waals surface area contributed by atoms with Gasteiger partial charge in [-0.2, -0.15) is 0 Å². The first-order valence-corrected chi connectivity index (χ1v) is 3.91. The number of carbonyl (C=O) groups is 1. The molecule has 0 bridgehead atoms. The standard InChI is InChI=1S/C8H12F2N2O2/c1-2-3-11-4-7(14)12-5-8(9,10)6-13/h1,11,13H,3-6H2,(H,12,14). The van der Waals surface area contributed by atoms with Crippen LogP contribution >= 0.6 is 0 Å². The van der Waals surface area contributed by atoms with Gasteiger partial charge in [0, 0.05) is 0 Å². The number of nitrogens with one attached hydrogen (secondary N) is 2. The minimum absolute atomic E-state index is 0.119. The summed E-state index contributed by atoms with van der Waals surface area (Å²) in [6, 6.07) is 0. The Hall–Kier alpha value is -1.19. The van der Waals surface area contributed by atoms with Gasteiger partial charge in [0.2, 0.25) is 5.91 Å². The number of terminal acetylenes is 1. The highest BCUT2D eigenvalue weighted by Crippen LogP contribution is 2.09. The van der Waals surface area contributed by atoms with Crippen LogP contribution in [0.2, 0.25) is 0 Å². The van der Waals surface area contributed by atoms with Crippen molar-refractivity contribution in [3.05, 3.63) is 0 Å². The van der Waals surface area contributed by atoms with E-state index in [4.69, 9.17) is 11.5 Å². The molecule has 0 atom stereocenters. The van der Waals surface area contributed by atoms with Crippen LogP contribution in [0.1, 0.15) is 0 Å². The minimum atomic E-state index is -3.28. The monoisotopic (exact) mass is 206 g/mol. The Balaban J connectivity index is 3.60. The summed E-state index contributed by atoms with van der Waals surface area (Å²) in [6.45, 7) is -2.08. The van der Waals surface area contributed by atoms with Gasteiger partial charge in [0.1, 0.15) is 6.61 Å². The zero-order valence-electron chi connectivity index (χ0n) is 7.52. The molecule has 6 heteroatoms. The number of rotatable bonds is 6. The highest BCUT2D eigenvalue weighted by molar-refractivity contribution is 5.78. The summed E-state index contributed by atoms with van der Waals surface area (Å²) >= 11 is 0. The van der Waals surface area contributed by atoms with Crippen molar-refractivity contribution in [1.29, 1.82) is 0 Å². The average Bonchev–Trinajstić information content (AvgIpc) is 2.16. The molecule has 0 spiro atoms. The lowest BCUT2D eigenvalue weighted by atomic mass is 10.3. The van der Waals surface area contributed by atoms with Crippen LogP contribution < -0.4 is 10.6 Å². The molecule has 0 heterocycles. The zero-order chi connectivity index (χ0) is 11.0. The third-order valence-electron chi connectivity index (χ3n) is 1.29. The molecule has 0 rings (SSSR count). The van der Waals surface area contributed by atoms with Gasteiger partial charge in [0.05, 0.1) is 19.6 Å². The second kappa shape index (κ2) is 6.29. The highest BCUT2D eigenvalue weighted by atomic mass is 19.3. The number of amides is 1. The Morgan fingerprint density at radius 2 is 2.21 bits per heavy atom. The first-order chi connectivity index (χ1) is 6.52. The predicted octanol–water partition coefficient (Wildman–Crippen LogP) is -1.05. The van der Waals surface area contributed by atoms with Gasteiger partial charge in [-0.1, -0.05) is 5.92 Å². The Labute approximate surface area is 80.7 Å². The summed E-state index contributed by atoms with van der Waals surface area (Å²) in [5.74, 6) is -1.64. The SMILES string of the molecule is C#CCNCC(=O)NCC(F)(F)CO. The van der Waals surface area contributed by atoms with Crippen LogP contribution in [0.3, 0.4) is 0 Å². The molecular weight excluding hydrogens is 194 g/mol. The molecule has 0 aromatic rings. The van der Waals surface area contributed by atoms with Crippen molar-refractivity contribution < 1.29 is 18.7 Å². The zero-order valence-corrected chi connectivity index (χ0v) is 7.52. The van der Waals surface area contributed by atoms with E-state index in [1.165, 1.54) is 0 Å². The van der Waals surface area contributed by atoms with Gasteiger partial charge < -0.3 is 10.4 Å². The van der Waals surface area contributed by atoms with Crippen molar-refractivity contribution in [2.45, 2.75) is 5.92 Å². The van der Waals surface area contributed by atoms with Gasteiger partial charge in [-0.3, -0.25) is 10.1 Å². The van der Waals surface area contributed by atoms with Gasteiger partial charge in [-0.15, -0.1) is 6.42 Å². The number of halogens is 2. The molecule has 80 valence electrons. The Morgan fingerprint density at radius 3 is 2.71 bits per heavy atom. The van der Waals surface area contributed by atoms with Crippen LogP contribution in [0.15, 0.2) is 0 Å². The van der Waals surface area contributed by atoms with Gasteiger partial charge >= 0.3 is 0 Å². The maximum Gasteiger partial charge on any atom is 0.287 e. The molecule has 0 saturated carbocycles. The lowest BCUT2D eigenvalue weighted by Crippen LogP contribution is -2.42. The van der Waals surface area contributed by atoms with E-state index in [0.717, 1.165) is 0 Å². The molecule has 0 saturated heterocycles. The van der Waals surface area contributed by atoms with Gasteiger partial charge in [-0.25, -0.2) is 8.78 Å². The van der Waals surface area contributed by atoms with Crippen LogP contribution in [0.5, 0.6) is 0 Å². The normalized spacial score (nSPS) is 10.7. The second-order valence-corrected chi connectivity index (χ2v) is 2.60. The van der Waals surface area contributed by atoms with E-state index in [2.05, 4.69) is 11.2 Å². The third-order valence-corrected chi connectivity index (χ3v) is 1.29. The fraction of sp³-hybridized carbons (Fsp3) is 0.625. The molecule has 0 aromatic carbocycles. The molecular formula is C8H12F2N2O2. The van der Waals surface area contributed by atoms with Crippen molar-refractivity contribution in [2.24, 2.45) is 0 Å². The van der Waals surface area contributed by atoms with E-state index >= 15 is 0 Å². The van der Waals surface area contributed by atoms with Gasteiger partial charge in [-0.05, 0) is 0 Å². The summed E-state index contributed by atoms with van der Waals surface area (Å²) < 4.78 is 24.8. The number of alkyl halides is 2. The van der Waals surface area contributed by atoms with E-state index in [1.807, 2.05) is 5.32 Å². The summed E-state index contributed by atoms with van der Waals surface area (Å²) in [5.41, 5.74) is 0. The molecule has 3 N–H and O–H groups in total. The highest BCUT2D eigenvalue weighted by Gasteiger charge is 2.27. The summed E-state index contributed by atoms with van der Waals surface area (Å²) in [4.78, 5) is 10.8. The predicted molar refractivity (Wildman–Crippen MR) is 46.7 cm³/mol. The number of aliphatic hydroxyl groups excluding tert-OH is 1. The van der Waals surface area contributed by atoms with Crippen LogP contribution in [0.4, 0.5) is 8.78 Å². The number of hydrogen-bond acceptors (Lipinski definition) is 3. The molecule has 14 heavy (non-hydrogen) atoms.